The second-order valence-corrected chi connectivity index (χ2v) is 7.32. The van der Waals surface area contributed by atoms with Crippen molar-refractivity contribution in [2.24, 2.45) is 0 Å². The second kappa shape index (κ2) is 6.32. The first kappa shape index (κ1) is 16.7. The van der Waals surface area contributed by atoms with Crippen LogP contribution in [0, 0.1) is 0 Å². The fourth-order valence-electron chi connectivity index (χ4n) is 4.58. The molecule has 3 heterocycles. The predicted octanol–water partition coefficient (Wildman–Crippen LogP) is 2.45. The van der Waals surface area contributed by atoms with Crippen LogP contribution in [0.15, 0.2) is 24.3 Å². The van der Waals surface area contributed by atoms with Gasteiger partial charge < -0.3 is 24.1 Å². The minimum absolute atomic E-state index is 0.0716. The zero-order chi connectivity index (χ0) is 18.5. The van der Waals surface area contributed by atoms with E-state index in [-0.39, 0.29) is 12.8 Å². The number of hydrogen-bond donors (Lipinski definition) is 1. The standard InChI is InChI=1S/C21H23NO5/c1-24-17-6-12-3-4-22-10-14-8-20-19(26-11-27-20)7-13(14)5-16(23)21(22)15(12)9-18(17)25-2/h6-9,16,21,23H,3-5,10-11H2,1-2H3/t16-,21+/m0/s1. The molecule has 6 heteroatoms. The van der Waals surface area contributed by atoms with Gasteiger partial charge in [0.1, 0.15) is 0 Å². The molecule has 27 heavy (non-hydrogen) atoms. The van der Waals surface area contributed by atoms with Gasteiger partial charge in [-0.1, -0.05) is 0 Å². The normalized spacial score (nSPS) is 23.1. The summed E-state index contributed by atoms with van der Waals surface area (Å²) >= 11 is 0. The fourth-order valence-corrected chi connectivity index (χ4v) is 4.58. The Bertz CT molecular complexity index is 897. The van der Waals surface area contributed by atoms with Crippen LogP contribution >= 0.6 is 0 Å². The van der Waals surface area contributed by atoms with E-state index in [0.29, 0.717) is 12.2 Å². The fraction of sp³-hybridized carbons (Fsp3) is 0.429. The molecule has 0 aliphatic carbocycles. The van der Waals surface area contributed by atoms with E-state index in [2.05, 4.69) is 11.0 Å². The smallest absolute Gasteiger partial charge is 0.231 e. The molecular formula is C21H23NO5. The Morgan fingerprint density at radius 2 is 1.67 bits per heavy atom. The molecule has 0 unspecified atom stereocenters. The molecule has 0 bridgehead atoms. The lowest BCUT2D eigenvalue weighted by Gasteiger charge is -2.38. The summed E-state index contributed by atoms with van der Waals surface area (Å²) in [5.74, 6) is 3.01. The maximum absolute atomic E-state index is 11.1. The molecule has 3 aliphatic rings. The van der Waals surface area contributed by atoms with E-state index in [1.165, 1.54) is 11.1 Å². The Balaban J connectivity index is 1.56. The van der Waals surface area contributed by atoms with E-state index in [1.807, 2.05) is 18.2 Å². The van der Waals surface area contributed by atoms with Crippen LogP contribution in [0.2, 0.25) is 0 Å². The summed E-state index contributed by atoms with van der Waals surface area (Å²) in [4.78, 5) is 2.35. The van der Waals surface area contributed by atoms with Crippen molar-refractivity contribution in [1.29, 1.82) is 0 Å². The van der Waals surface area contributed by atoms with Gasteiger partial charge in [-0.3, -0.25) is 4.90 Å². The molecule has 142 valence electrons. The molecule has 0 spiro atoms. The first-order chi connectivity index (χ1) is 13.2. The van der Waals surface area contributed by atoms with E-state index in [9.17, 15) is 5.11 Å². The molecule has 0 aromatic heterocycles. The quantitative estimate of drug-likeness (QED) is 0.878. The maximum Gasteiger partial charge on any atom is 0.231 e. The molecule has 3 aliphatic heterocycles. The van der Waals surface area contributed by atoms with Crippen LogP contribution in [-0.4, -0.2) is 43.7 Å². The van der Waals surface area contributed by atoms with Crippen LogP contribution < -0.4 is 18.9 Å². The zero-order valence-corrected chi connectivity index (χ0v) is 15.5. The average molecular weight is 369 g/mol. The highest BCUT2D eigenvalue weighted by Gasteiger charge is 2.37. The second-order valence-electron chi connectivity index (χ2n) is 7.32. The van der Waals surface area contributed by atoms with Crippen molar-refractivity contribution >= 4 is 0 Å². The summed E-state index contributed by atoms with van der Waals surface area (Å²) in [5.41, 5.74) is 4.67. The van der Waals surface area contributed by atoms with E-state index in [1.54, 1.807) is 14.2 Å². The van der Waals surface area contributed by atoms with E-state index < -0.39 is 6.10 Å². The number of methoxy groups -OCH3 is 2. The predicted molar refractivity (Wildman–Crippen MR) is 98.7 cm³/mol. The van der Waals surface area contributed by atoms with Gasteiger partial charge in [0.2, 0.25) is 6.79 Å². The molecule has 2 aromatic rings. The molecule has 2 aromatic carbocycles. The topological polar surface area (TPSA) is 60.4 Å². The molecule has 0 saturated carbocycles. The summed E-state index contributed by atoms with van der Waals surface area (Å²) in [6, 6.07) is 8.09. The Labute approximate surface area is 158 Å². The highest BCUT2D eigenvalue weighted by atomic mass is 16.7. The molecular weight excluding hydrogens is 346 g/mol. The molecule has 6 nitrogen and oxygen atoms in total. The largest absolute Gasteiger partial charge is 0.493 e. The molecule has 0 saturated heterocycles. The third kappa shape index (κ3) is 2.63. The minimum Gasteiger partial charge on any atom is -0.493 e. The number of ether oxygens (including phenoxy) is 4. The lowest BCUT2D eigenvalue weighted by molar-refractivity contribution is 0.0437. The van der Waals surface area contributed by atoms with Gasteiger partial charge in [0, 0.05) is 19.5 Å². The molecule has 1 N–H and O–H groups in total. The van der Waals surface area contributed by atoms with Crippen LogP contribution in [0.25, 0.3) is 0 Å². The van der Waals surface area contributed by atoms with Gasteiger partial charge in [0.25, 0.3) is 0 Å². The Morgan fingerprint density at radius 1 is 0.963 bits per heavy atom. The van der Waals surface area contributed by atoms with Gasteiger partial charge in [-0.25, -0.2) is 0 Å². The van der Waals surface area contributed by atoms with Crippen molar-refractivity contribution in [3.05, 3.63) is 46.5 Å². The van der Waals surface area contributed by atoms with Crippen LogP contribution in [-0.2, 0) is 19.4 Å². The number of aliphatic hydroxyl groups is 1. The van der Waals surface area contributed by atoms with Gasteiger partial charge in [-0.15, -0.1) is 0 Å². The number of hydrogen-bond acceptors (Lipinski definition) is 6. The van der Waals surface area contributed by atoms with Crippen molar-refractivity contribution in [1.82, 2.24) is 4.90 Å². The Kier molecular flexibility index (Phi) is 3.91. The van der Waals surface area contributed by atoms with Gasteiger partial charge in [0.05, 0.1) is 26.4 Å². The van der Waals surface area contributed by atoms with Crippen molar-refractivity contribution in [3.63, 3.8) is 0 Å². The number of benzene rings is 2. The Hall–Kier alpha value is -2.44. The SMILES string of the molecule is COc1cc2c(cc1OC)[C@@H]1[C@@H](O)Cc3cc4c(cc3CN1CC2)OCO4. The lowest BCUT2D eigenvalue weighted by Crippen LogP contribution is -2.40. The first-order valence-electron chi connectivity index (χ1n) is 9.26. The highest BCUT2D eigenvalue weighted by Crippen LogP contribution is 2.44. The van der Waals surface area contributed by atoms with Gasteiger partial charge in [0.15, 0.2) is 23.0 Å². The summed E-state index contributed by atoms with van der Waals surface area (Å²) in [5, 5.41) is 11.1. The summed E-state index contributed by atoms with van der Waals surface area (Å²) in [6.07, 6.45) is 0.989. The van der Waals surface area contributed by atoms with E-state index in [0.717, 1.165) is 47.9 Å². The molecule has 2 atom stereocenters. The Morgan fingerprint density at radius 3 is 2.41 bits per heavy atom. The molecule has 0 fully saturated rings. The first-order valence-corrected chi connectivity index (χ1v) is 9.26. The third-order valence-electron chi connectivity index (χ3n) is 5.89. The van der Waals surface area contributed by atoms with Gasteiger partial charge >= 0.3 is 0 Å². The average Bonchev–Trinajstić information content (AvgIpc) is 3.08. The molecule has 0 amide bonds. The van der Waals surface area contributed by atoms with Crippen molar-refractivity contribution in [2.75, 3.05) is 27.6 Å². The van der Waals surface area contributed by atoms with E-state index >= 15 is 0 Å². The minimum atomic E-state index is -0.510. The summed E-state index contributed by atoms with van der Waals surface area (Å²) in [6.45, 7) is 1.93. The van der Waals surface area contributed by atoms with Crippen molar-refractivity contribution < 1.29 is 24.1 Å². The van der Waals surface area contributed by atoms with Crippen LogP contribution in [0.3, 0.4) is 0 Å². The lowest BCUT2D eigenvalue weighted by atomic mass is 9.88. The van der Waals surface area contributed by atoms with E-state index in [4.69, 9.17) is 18.9 Å². The third-order valence-corrected chi connectivity index (χ3v) is 5.89. The zero-order valence-electron chi connectivity index (χ0n) is 15.5. The van der Waals surface area contributed by atoms with Crippen LogP contribution in [0.1, 0.15) is 28.3 Å². The van der Waals surface area contributed by atoms with Crippen LogP contribution in [0.4, 0.5) is 0 Å². The molecule has 5 rings (SSSR count). The monoisotopic (exact) mass is 369 g/mol. The van der Waals surface area contributed by atoms with Crippen molar-refractivity contribution in [2.45, 2.75) is 31.5 Å². The van der Waals surface area contributed by atoms with Crippen molar-refractivity contribution in [3.8, 4) is 23.0 Å². The van der Waals surface area contributed by atoms with Gasteiger partial charge in [-0.05, 0) is 52.9 Å². The maximum atomic E-state index is 11.1. The summed E-state index contributed by atoms with van der Waals surface area (Å²) in [7, 11) is 3.30. The number of nitrogens with zero attached hydrogens (tertiary/aromatic N) is 1. The van der Waals surface area contributed by atoms with Gasteiger partial charge in [-0.2, -0.15) is 0 Å². The number of rotatable bonds is 2. The summed E-state index contributed by atoms with van der Waals surface area (Å²) < 4.78 is 22.0. The molecule has 0 radical (unpaired) electrons. The number of aliphatic hydroxyl groups excluding tert-OH is 1. The highest BCUT2D eigenvalue weighted by molar-refractivity contribution is 5.52. The van der Waals surface area contributed by atoms with Crippen LogP contribution in [0.5, 0.6) is 23.0 Å². The number of fused-ring (bicyclic) bond motifs is 5.